The smallest absolute Gasteiger partial charge is 0.323 e. The van der Waals surface area contributed by atoms with Crippen molar-refractivity contribution in [3.8, 4) is 0 Å². The number of nitrogens with zero attached hydrogens (tertiary/aromatic N) is 2. The van der Waals surface area contributed by atoms with Gasteiger partial charge in [0.15, 0.2) is 0 Å². The number of pyridine rings is 1. The second-order valence-corrected chi connectivity index (χ2v) is 5.52. The fraction of sp³-hybridized carbons (Fsp3) is 0.571. The van der Waals surface area contributed by atoms with Gasteiger partial charge in [-0.1, -0.05) is 19.3 Å². The van der Waals surface area contributed by atoms with Crippen LogP contribution in [0.4, 0.5) is 11.5 Å². The van der Waals surface area contributed by atoms with Crippen LogP contribution in [-0.2, 0) is 0 Å². The lowest BCUT2D eigenvalue weighted by atomic mass is 9.85. The van der Waals surface area contributed by atoms with Crippen molar-refractivity contribution in [1.29, 1.82) is 0 Å². The summed E-state index contributed by atoms with van der Waals surface area (Å²) in [5.41, 5.74) is 4.80. The molecule has 0 saturated heterocycles. The summed E-state index contributed by atoms with van der Waals surface area (Å²) in [6.45, 7) is 0.0723. The largest absolute Gasteiger partial charge is 0.391 e. The van der Waals surface area contributed by atoms with E-state index in [0.29, 0.717) is 0 Å². The number of nitrogen functional groups attached to an aromatic ring is 1. The number of aliphatic hydroxyl groups excluding tert-OH is 1. The third-order valence-corrected chi connectivity index (χ3v) is 4.05. The number of anilines is 1. The fourth-order valence-corrected chi connectivity index (χ4v) is 2.82. The fourth-order valence-electron chi connectivity index (χ4n) is 2.82. The number of rotatable bonds is 5. The van der Waals surface area contributed by atoms with Crippen LogP contribution in [-0.4, -0.2) is 33.6 Å². The summed E-state index contributed by atoms with van der Waals surface area (Å²) < 4.78 is 0. The van der Waals surface area contributed by atoms with E-state index in [-0.39, 0.29) is 23.8 Å². The van der Waals surface area contributed by atoms with Crippen molar-refractivity contribution in [2.24, 2.45) is 5.92 Å². The summed E-state index contributed by atoms with van der Waals surface area (Å²) in [6, 6.07) is 1.25. The van der Waals surface area contributed by atoms with Crippen LogP contribution in [0.5, 0.6) is 0 Å². The Bertz CT molecular complexity index is 558. The highest BCUT2D eigenvalue weighted by atomic mass is 16.6. The van der Waals surface area contributed by atoms with Crippen molar-refractivity contribution in [3.05, 3.63) is 27.9 Å². The molecule has 1 saturated carbocycles. The lowest BCUT2D eigenvalue weighted by molar-refractivity contribution is -0.384. The molecule has 8 nitrogen and oxygen atoms in total. The Morgan fingerprint density at radius 1 is 1.50 bits per heavy atom. The van der Waals surface area contributed by atoms with Crippen LogP contribution < -0.4 is 11.1 Å². The molecule has 0 radical (unpaired) electrons. The van der Waals surface area contributed by atoms with Crippen molar-refractivity contribution in [2.75, 3.05) is 12.3 Å². The molecule has 4 N–H and O–H groups in total. The number of hydrogen-bond donors (Lipinski definition) is 3. The number of amides is 1. The van der Waals surface area contributed by atoms with Crippen LogP contribution >= 0.6 is 0 Å². The summed E-state index contributed by atoms with van der Waals surface area (Å²) in [4.78, 5) is 26.0. The van der Waals surface area contributed by atoms with E-state index < -0.39 is 22.6 Å². The number of aliphatic hydroxyl groups is 1. The van der Waals surface area contributed by atoms with Crippen LogP contribution in [0.3, 0.4) is 0 Å². The molecule has 0 aromatic carbocycles. The molecule has 1 aromatic rings. The van der Waals surface area contributed by atoms with E-state index in [2.05, 4.69) is 10.3 Å². The Kier molecular flexibility index (Phi) is 5.26. The molecule has 8 heteroatoms. The second kappa shape index (κ2) is 7.17. The van der Waals surface area contributed by atoms with E-state index in [9.17, 15) is 20.0 Å². The molecular formula is C14H20N4O4. The quantitative estimate of drug-likeness (QED) is 0.554. The first-order valence-electron chi connectivity index (χ1n) is 7.36. The lowest BCUT2D eigenvalue weighted by Gasteiger charge is -2.26. The molecule has 1 amide bonds. The van der Waals surface area contributed by atoms with Gasteiger partial charge in [-0.2, -0.15) is 0 Å². The van der Waals surface area contributed by atoms with Crippen molar-refractivity contribution >= 4 is 17.4 Å². The van der Waals surface area contributed by atoms with Gasteiger partial charge in [0, 0.05) is 12.7 Å². The van der Waals surface area contributed by atoms with Crippen molar-refractivity contribution in [1.82, 2.24) is 10.3 Å². The van der Waals surface area contributed by atoms with Gasteiger partial charge in [-0.15, -0.1) is 0 Å². The summed E-state index contributed by atoms with van der Waals surface area (Å²) >= 11 is 0. The molecule has 1 fully saturated rings. The first-order valence-corrected chi connectivity index (χ1v) is 7.36. The third-order valence-electron chi connectivity index (χ3n) is 4.05. The monoisotopic (exact) mass is 308 g/mol. The molecule has 0 aliphatic heterocycles. The molecule has 22 heavy (non-hydrogen) atoms. The number of carbonyl (C=O) groups excluding carboxylic acids is 1. The van der Waals surface area contributed by atoms with Crippen LogP contribution in [0.15, 0.2) is 12.3 Å². The van der Waals surface area contributed by atoms with Crippen LogP contribution in [0, 0.1) is 16.0 Å². The molecule has 0 bridgehead atoms. The number of aromatic nitrogens is 1. The highest BCUT2D eigenvalue weighted by molar-refractivity contribution is 5.99. The van der Waals surface area contributed by atoms with Gasteiger partial charge < -0.3 is 16.2 Å². The zero-order chi connectivity index (χ0) is 16.1. The molecule has 0 unspecified atom stereocenters. The number of nitrogens with two attached hydrogens (primary N) is 1. The van der Waals surface area contributed by atoms with Crippen LogP contribution in [0.25, 0.3) is 0 Å². The summed E-state index contributed by atoms with van der Waals surface area (Å²) in [7, 11) is 0. The van der Waals surface area contributed by atoms with Gasteiger partial charge in [-0.3, -0.25) is 14.9 Å². The van der Waals surface area contributed by atoms with Gasteiger partial charge in [0.1, 0.15) is 5.56 Å². The van der Waals surface area contributed by atoms with E-state index >= 15 is 0 Å². The molecule has 1 aliphatic rings. The number of hydrogen-bond acceptors (Lipinski definition) is 6. The topological polar surface area (TPSA) is 131 Å². The normalized spacial score (nSPS) is 17.0. The molecule has 1 aliphatic carbocycles. The average Bonchev–Trinajstić information content (AvgIpc) is 2.52. The Balaban J connectivity index is 2.00. The minimum absolute atomic E-state index is 0.0723. The predicted octanol–water partition coefficient (Wildman–Crippen LogP) is 1.24. The highest BCUT2D eigenvalue weighted by Crippen LogP contribution is 2.26. The average molecular weight is 308 g/mol. The highest BCUT2D eigenvalue weighted by Gasteiger charge is 2.26. The molecule has 120 valence electrons. The van der Waals surface area contributed by atoms with Gasteiger partial charge in [0.05, 0.1) is 11.0 Å². The van der Waals surface area contributed by atoms with Crippen molar-refractivity contribution in [3.63, 3.8) is 0 Å². The Morgan fingerprint density at radius 2 is 2.18 bits per heavy atom. The summed E-state index contributed by atoms with van der Waals surface area (Å²) in [5, 5.41) is 23.6. The molecular weight excluding hydrogens is 288 g/mol. The molecule has 1 heterocycles. The maximum absolute atomic E-state index is 12.1. The minimum Gasteiger partial charge on any atom is -0.391 e. The van der Waals surface area contributed by atoms with E-state index in [0.717, 1.165) is 25.7 Å². The Hall–Kier alpha value is -2.22. The Labute approximate surface area is 127 Å². The van der Waals surface area contributed by atoms with E-state index in [1.807, 2.05) is 0 Å². The van der Waals surface area contributed by atoms with Gasteiger partial charge in [0.25, 0.3) is 5.91 Å². The van der Waals surface area contributed by atoms with Gasteiger partial charge in [-0.05, 0) is 24.8 Å². The van der Waals surface area contributed by atoms with E-state index in [4.69, 9.17) is 5.73 Å². The zero-order valence-electron chi connectivity index (χ0n) is 12.2. The van der Waals surface area contributed by atoms with Gasteiger partial charge in [0.2, 0.25) is 5.82 Å². The molecule has 0 spiro atoms. The van der Waals surface area contributed by atoms with Crippen LogP contribution in [0.2, 0.25) is 0 Å². The van der Waals surface area contributed by atoms with E-state index in [1.165, 1.54) is 18.7 Å². The SMILES string of the molecule is Nc1nccc(C(=O)NC[C@H](O)C2CCCCC2)c1[N+](=O)[O-]. The molecule has 1 atom stereocenters. The van der Waals surface area contributed by atoms with Gasteiger partial charge in [-0.25, -0.2) is 4.98 Å². The standard InChI is InChI=1S/C14H20N4O4/c15-13-12(18(21)22)10(6-7-16-13)14(20)17-8-11(19)9-4-2-1-3-5-9/h6-7,9,11,19H,1-5,8H2,(H2,15,16)(H,17,20)/t11-/m0/s1. The van der Waals surface area contributed by atoms with Crippen molar-refractivity contribution in [2.45, 2.75) is 38.2 Å². The van der Waals surface area contributed by atoms with Crippen LogP contribution in [0.1, 0.15) is 42.5 Å². The van der Waals surface area contributed by atoms with E-state index in [1.54, 1.807) is 0 Å². The molecule has 1 aromatic heterocycles. The molecule has 2 rings (SSSR count). The van der Waals surface area contributed by atoms with Crippen molar-refractivity contribution < 1.29 is 14.8 Å². The predicted molar refractivity (Wildman–Crippen MR) is 80.2 cm³/mol. The lowest BCUT2D eigenvalue weighted by Crippen LogP contribution is -2.37. The number of nitrogens with one attached hydrogen (secondary N) is 1. The number of carbonyl (C=O) groups is 1. The summed E-state index contributed by atoms with van der Waals surface area (Å²) in [5.74, 6) is -0.757. The maximum atomic E-state index is 12.1. The third kappa shape index (κ3) is 3.70. The zero-order valence-corrected chi connectivity index (χ0v) is 12.2. The first kappa shape index (κ1) is 16.2. The number of nitro groups is 1. The maximum Gasteiger partial charge on any atom is 0.323 e. The first-order chi connectivity index (χ1) is 10.5. The minimum atomic E-state index is -0.727. The Morgan fingerprint density at radius 3 is 2.82 bits per heavy atom. The second-order valence-electron chi connectivity index (χ2n) is 5.52. The summed E-state index contributed by atoms with van der Waals surface area (Å²) in [6.07, 6.45) is 5.85. The van der Waals surface area contributed by atoms with Gasteiger partial charge >= 0.3 is 5.69 Å².